The summed E-state index contributed by atoms with van der Waals surface area (Å²) in [4.78, 5) is 37.4. The van der Waals surface area contributed by atoms with E-state index in [-0.39, 0.29) is 4.47 Å². The van der Waals surface area contributed by atoms with Crippen LogP contribution in [0.4, 0.5) is 20.2 Å². The molecule has 0 atom stereocenters. The summed E-state index contributed by atoms with van der Waals surface area (Å²) in [7, 11) is 0. The van der Waals surface area contributed by atoms with Crippen LogP contribution in [-0.2, 0) is 14.2 Å². The molecule has 0 bridgehead atoms. The van der Waals surface area contributed by atoms with Crippen LogP contribution < -0.4 is 4.90 Å². The molecule has 30 heavy (non-hydrogen) atoms. The van der Waals surface area contributed by atoms with Gasteiger partial charge < -0.3 is 14.2 Å². The minimum absolute atomic E-state index is 0.0185. The van der Waals surface area contributed by atoms with E-state index in [9.17, 15) is 14.4 Å². The van der Waals surface area contributed by atoms with Gasteiger partial charge in [-0.1, -0.05) is 69.6 Å². The smallest absolute Gasteiger partial charge is 0.435 e. The van der Waals surface area contributed by atoms with Gasteiger partial charge in [0, 0.05) is 0 Å². The maximum atomic E-state index is 12.5. The van der Waals surface area contributed by atoms with Gasteiger partial charge in [-0.25, -0.2) is 14.4 Å². The molecule has 1 heterocycles. The monoisotopic (exact) mass is 609 g/mol. The van der Waals surface area contributed by atoms with Gasteiger partial charge in [-0.2, -0.15) is 9.58 Å². The van der Waals surface area contributed by atoms with Crippen molar-refractivity contribution < 1.29 is 28.6 Å². The lowest BCUT2D eigenvalue weighted by atomic mass is 10.2. The quantitative estimate of drug-likeness (QED) is 0.294. The zero-order valence-corrected chi connectivity index (χ0v) is 21.6. The fourth-order valence-corrected chi connectivity index (χ4v) is 2.34. The summed E-state index contributed by atoms with van der Waals surface area (Å²) >= 11 is 36.3. The summed E-state index contributed by atoms with van der Waals surface area (Å²) in [6, 6.07) is 0. The largest absolute Gasteiger partial charge is 0.444 e. The third kappa shape index (κ3) is 9.84. The Balaban J connectivity index is 3.22. The van der Waals surface area contributed by atoms with Crippen LogP contribution in [0.25, 0.3) is 0 Å². The molecule has 9 nitrogen and oxygen atoms in total. The molecule has 0 aliphatic rings. The standard InChI is InChI=1S/C14H14BrCl6N3O6/c1-12(2,3)30-9(25)23-4-7(15)8(22-23)24(10(26)28-5-13(16,17)18)11(27)29-6-14(19,20)21/h4H,5-6H2,1-3H3. The SMILES string of the molecule is CC(C)(C)OC(=O)n1cc(Br)c(N(C(=O)OCC(Cl)(Cl)Cl)C(=O)OCC(Cl)(Cl)Cl)n1. The third-order valence-corrected chi connectivity index (χ3v) is 3.74. The number of amides is 2. The molecule has 0 aromatic carbocycles. The van der Waals surface area contributed by atoms with E-state index in [1.165, 1.54) is 0 Å². The molecule has 16 heteroatoms. The van der Waals surface area contributed by atoms with E-state index in [2.05, 4.69) is 21.0 Å². The van der Waals surface area contributed by atoms with Crippen molar-refractivity contribution in [3.05, 3.63) is 10.7 Å². The maximum Gasteiger partial charge on any atom is 0.435 e. The van der Waals surface area contributed by atoms with Gasteiger partial charge in [-0.3, -0.25) is 0 Å². The minimum Gasteiger partial charge on any atom is -0.444 e. The number of hydrogen-bond acceptors (Lipinski definition) is 7. The number of nitrogens with zero attached hydrogens (tertiary/aromatic N) is 3. The van der Waals surface area contributed by atoms with Gasteiger partial charge in [0.05, 0.1) is 10.7 Å². The van der Waals surface area contributed by atoms with Gasteiger partial charge in [0.15, 0.2) is 5.82 Å². The number of anilines is 1. The van der Waals surface area contributed by atoms with Crippen LogP contribution in [0.15, 0.2) is 10.7 Å². The molecule has 0 radical (unpaired) electrons. The maximum absolute atomic E-state index is 12.5. The fourth-order valence-electron chi connectivity index (χ4n) is 1.56. The summed E-state index contributed by atoms with van der Waals surface area (Å²) in [5, 5.41) is 3.85. The topological polar surface area (TPSA) is 100.0 Å². The summed E-state index contributed by atoms with van der Waals surface area (Å²) in [5.41, 5.74) is -0.831. The Bertz CT molecular complexity index is 772. The molecule has 0 unspecified atom stereocenters. The fraction of sp³-hybridized carbons (Fsp3) is 0.571. The van der Waals surface area contributed by atoms with Crippen LogP contribution in [0.1, 0.15) is 20.8 Å². The van der Waals surface area contributed by atoms with E-state index in [1.54, 1.807) is 20.8 Å². The van der Waals surface area contributed by atoms with Gasteiger partial charge in [-0.15, -0.1) is 5.10 Å². The molecule has 0 spiro atoms. The van der Waals surface area contributed by atoms with Gasteiger partial charge in [0.1, 0.15) is 18.8 Å². The Hall–Kier alpha value is -0.360. The number of halogens is 7. The second kappa shape index (κ2) is 10.5. The summed E-state index contributed by atoms with van der Waals surface area (Å²) < 4.78 is 11.6. The summed E-state index contributed by atoms with van der Waals surface area (Å²) in [5.74, 6) is -0.399. The van der Waals surface area contributed by atoms with Crippen molar-refractivity contribution in [3.63, 3.8) is 0 Å². The Morgan fingerprint density at radius 2 is 1.43 bits per heavy atom. The lowest BCUT2D eigenvalue weighted by Gasteiger charge is -2.21. The molecule has 1 aromatic heterocycles. The summed E-state index contributed by atoms with van der Waals surface area (Å²) in [6.45, 7) is 3.49. The molecule has 0 fully saturated rings. The van der Waals surface area contributed by atoms with Crippen molar-refractivity contribution in [1.82, 2.24) is 9.78 Å². The highest BCUT2D eigenvalue weighted by Gasteiger charge is 2.35. The summed E-state index contributed by atoms with van der Waals surface area (Å²) in [6.07, 6.45) is -2.43. The van der Waals surface area contributed by atoms with Crippen LogP contribution in [0, 0.1) is 0 Å². The number of ether oxygens (including phenoxy) is 3. The second-order valence-corrected chi connectivity index (χ2v) is 12.3. The predicted molar refractivity (Wildman–Crippen MR) is 117 cm³/mol. The van der Waals surface area contributed by atoms with Crippen LogP contribution in [0.5, 0.6) is 0 Å². The molecule has 1 aromatic rings. The molecule has 0 saturated heterocycles. The highest BCUT2D eigenvalue weighted by molar-refractivity contribution is 9.10. The first-order valence-corrected chi connectivity index (χ1v) is 10.7. The Labute approximate surface area is 209 Å². The van der Waals surface area contributed by atoms with Crippen LogP contribution in [-0.4, -0.2) is 54.5 Å². The number of carbonyl (C=O) groups excluding carboxylic acids is 3. The van der Waals surface area contributed by atoms with Gasteiger partial charge >= 0.3 is 18.3 Å². The molecule has 170 valence electrons. The zero-order chi connectivity index (χ0) is 23.5. The average molecular weight is 613 g/mol. The van der Waals surface area contributed by atoms with Crippen LogP contribution in [0.2, 0.25) is 0 Å². The van der Waals surface area contributed by atoms with Crippen LogP contribution in [0.3, 0.4) is 0 Å². The van der Waals surface area contributed by atoms with E-state index in [0.717, 1.165) is 10.9 Å². The highest BCUT2D eigenvalue weighted by atomic mass is 79.9. The number of carbonyl (C=O) groups is 3. The third-order valence-electron chi connectivity index (χ3n) is 2.53. The Kier molecular flexibility index (Phi) is 9.69. The molecule has 0 aliphatic heterocycles. The van der Waals surface area contributed by atoms with E-state index in [1.807, 2.05) is 0 Å². The van der Waals surface area contributed by atoms with Crippen molar-refractivity contribution in [3.8, 4) is 0 Å². The molecular weight excluding hydrogens is 599 g/mol. The molecule has 0 aliphatic carbocycles. The van der Waals surface area contributed by atoms with Crippen molar-refractivity contribution in [2.75, 3.05) is 18.1 Å². The normalized spacial score (nSPS) is 12.3. The zero-order valence-electron chi connectivity index (χ0n) is 15.4. The van der Waals surface area contributed by atoms with Gasteiger partial charge in [-0.05, 0) is 36.7 Å². The van der Waals surface area contributed by atoms with Crippen molar-refractivity contribution in [2.45, 2.75) is 34.0 Å². The second-order valence-electron chi connectivity index (χ2n) is 6.40. The Morgan fingerprint density at radius 3 is 1.80 bits per heavy atom. The number of aromatic nitrogens is 2. The lowest BCUT2D eigenvalue weighted by Crippen LogP contribution is -2.41. The van der Waals surface area contributed by atoms with Crippen molar-refractivity contribution in [1.29, 1.82) is 0 Å². The predicted octanol–water partition coefficient (Wildman–Crippen LogP) is 6.25. The first-order valence-electron chi connectivity index (χ1n) is 7.65. The highest BCUT2D eigenvalue weighted by Crippen LogP contribution is 2.30. The number of imide groups is 1. The van der Waals surface area contributed by atoms with Crippen molar-refractivity contribution in [2.24, 2.45) is 0 Å². The molecule has 0 N–H and O–H groups in total. The van der Waals surface area contributed by atoms with Crippen LogP contribution >= 0.6 is 85.5 Å². The number of hydrogen-bond donors (Lipinski definition) is 0. The first-order chi connectivity index (χ1) is 13.4. The van der Waals surface area contributed by atoms with E-state index in [4.69, 9.17) is 83.8 Å². The molecular formula is C14H14BrCl6N3O6. The Morgan fingerprint density at radius 1 is 1.00 bits per heavy atom. The number of alkyl halides is 6. The van der Waals surface area contributed by atoms with E-state index < -0.39 is 50.5 Å². The first kappa shape index (κ1) is 27.7. The van der Waals surface area contributed by atoms with E-state index >= 15 is 0 Å². The number of rotatable bonds is 3. The minimum atomic E-state index is -1.96. The average Bonchev–Trinajstić information content (AvgIpc) is 2.90. The molecule has 2 amide bonds. The van der Waals surface area contributed by atoms with Gasteiger partial charge in [0.2, 0.25) is 7.59 Å². The molecule has 1 rings (SSSR count). The lowest BCUT2D eigenvalue weighted by molar-refractivity contribution is 0.0514. The van der Waals surface area contributed by atoms with Gasteiger partial charge in [0.25, 0.3) is 0 Å². The van der Waals surface area contributed by atoms with E-state index in [0.29, 0.717) is 4.90 Å². The van der Waals surface area contributed by atoms with Crippen molar-refractivity contribution >= 4 is 110 Å². The molecule has 0 saturated carbocycles.